The van der Waals surface area contributed by atoms with Crippen LogP contribution in [0.5, 0.6) is 0 Å². The minimum absolute atomic E-state index is 0.443. The molecule has 1 N–H and O–H groups in total. The van der Waals surface area contributed by atoms with Crippen molar-refractivity contribution in [3.8, 4) is 0 Å². The molecule has 0 unspecified atom stereocenters. The third-order valence-electron chi connectivity index (χ3n) is 11.8. The van der Waals surface area contributed by atoms with E-state index in [4.69, 9.17) is 66.3 Å². The smallest absolute Gasteiger partial charge is 0.311 e. The Morgan fingerprint density at radius 1 is 0.372 bits per heavy atom. The normalized spacial score (nSPS) is 29.2. The number of aliphatic hydroxyl groups excluding tert-OH is 1. The summed E-state index contributed by atoms with van der Waals surface area (Å²) in [6, 6.07) is 0. The maximum Gasteiger partial charge on any atom is 0.311 e. The Kier molecular flexibility index (Phi) is 22.5. The quantitative estimate of drug-likeness (QED) is 0.161. The minimum atomic E-state index is -2.07. The molecular formula is C54H86O24. The lowest BCUT2D eigenvalue weighted by atomic mass is 9.92. The molecule has 446 valence electrons. The van der Waals surface area contributed by atoms with Crippen molar-refractivity contribution in [2.75, 3.05) is 19.8 Å². The topological polar surface area (TPSA) is 303 Å². The molecule has 0 radical (unpaired) electrons. The standard InChI is InChI=1S/C54H86O24/c1-26(55)65-23-30-34(69-28(3)57)29(68-27(2)56)22-33(70-30)73-38-36(75-45(61)51(10,11)12)32(25-67-44(60)50(7,8)9)72-42(40(38)78-48(64)54(19,20)21)74-35-31(24-66-43(59)49(4,5)6)71-41(58)39(77-47(63)53(16,17)18)37(35)76-46(62)52(13,14)15/h29-42,58H,22-25H2,1-21H3/t29-,30-,31-,32-,33-,34-,35-,36+,37+,38+,39-,40-,41+,42+/m1/s1. The van der Waals surface area contributed by atoms with E-state index in [0.29, 0.717) is 0 Å². The predicted molar refractivity (Wildman–Crippen MR) is 268 cm³/mol. The highest BCUT2D eigenvalue weighted by Crippen LogP contribution is 2.40. The molecule has 0 aliphatic carbocycles. The number of carbonyl (C=O) groups is 9. The molecule has 3 rings (SSSR count). The van der Waals surface area contributed by atoms with Crippen LogP contribution in [-0.4, -0.2) is 165 Å². The summed E-state index contributed by atoms with van der Waals surface area (Å²) >= 11 is 0. The van der Waals surface area contributed by atoms with Crippen molar-refractivity contribution >= 4 is 53.7 Å². The molecule has 0 aromatic rings. The predicted octanol–water partition coefficient (Wildman–Crippen LogP) is 4.75. The first-order chi connectivity index (χ1) is 35.3. The number of rotatable bonds is 16. The Hall–Kier alpha value is -5.01. The molecule has 14 atom stereocenters. The summed E-state index contributed by atoms with van der Waals surface area (Å²) in [5.74, 6) is -7.47. The Balaban J connectivity index is 2.52. The van der Waals surface area contributed by atoms with E-state index in [-0.39, 0.29) is 0 Å². The second-order valence-corrected chi connectivity index (χ2v) is 25.9. The second kappa shape index (κ2) is 26.1. The zero-order valence-electron chi connectivity index (χ0n) is 49.2. The lowest BCUT2D eigenvalue weighted by Crippen LogP contribution is -2.68. The van der Waals surface area contributed by atoms with Gasteiger partial charge >= 0.3 is 53.7 Å². The lowest BCUT2D eigenvalue weighted by molar-refractivity contribution is -0.373. The van der Waals surface area contributed by atoms with E-state index < -0.39 is 198 Å². The Morgan fingerprint density at radius 2 is 0.744 bits per heavy atom. The molecule has 0 saturated carbocycles. The van der Waals surface area contributed by atoms with Crippen molar-refractivity contribution < 1.29 is 115 Å². The fraction of sp³-hybridized carbons (Fsp3) is 0.833. The van der Waals surface area contributed by atoms with Crippen LogP contribution in [0.25, 0.3) is 0 Å². The van der Waals surface area contributed by atoms with Crippen molar-refractivity contribution in [2.45, 2.75) is 238 Å². The molecule has 24 heteroatoms. The molecule has 3 aliphatic rings. The van der Waals surface area contributed by atoms with Gasteiger partial charge in [-0.25, -0.2) is 0 Å². The van der Waals surface area contributed by atoms with Gasteiger partial charge in [0.05, 0.1) is 32.5 Å². The lowest BCUT2D eigenvalue weighted by Gasteiger charge is -2.50. The second-order valence-electron chi connectivity index (χ2n) is 25.9. The monoisotopic (exact) mass is 1120 g/mol. The number of hydrogen-bond donors (Lipinski definition) is 1. The number of ether oxygens (including phenoxy) is 14. The molecule has 0 spiro atoms. The molecule has 3 aliphatic heterocycles. The molecular weight excluding hydrogens is 1030 g/mol. The van der Waals surface area contributed by atoms with Gasteiger partial charge in [0.25, 0.3) is 0 Å². The van der Waals surface area contributed by atoms with Crippen molar-refractivity contribution in [2.24, 2.45) is 32.5 Å². The van der Waals surface area contributed by atoms with E-state index in [0.717, 1.165) is 20.8 Å². The van der Waals surface area contributed by atoms with Crippen LogP contribution in [0.1, 0.15) is 152 Å². The van der Waals surface area contributed by atoms with Crippen LogP contribution < -0.4 is 0 Å². The molecule has 3 heterocycles. The van der Waals surface area contributed by atoms with Gasteiger partial charge in [0.2, 0.25) is 0 Å². The molecule has 78 heavy (non-hydrogen) atoms. The highest BCUT2D eigenvalue weighted by molar-refractivity contribution is 5.78. The maximum absolute atomic E-state index is 14.4. The van der Waals surface area contributed by atoms with Crippen LogP contribution in [0.3, 0.4) is 0 Å². The average molecular weight is 1120 g/mol. The van der Waals surface area contributed by atoms with Crippen LogP contribution in [0.15, 0.2) is 0 Å². The summed E-state index contributed by atoms with van der Waals surface area (Å²) in [5.41, 5.74) is -7.24. The number of aliphatic hydroxyl groups is 1. The highest BCUT2D eigenvalue weighted by atomic mass is 16.8. The summed E-state index contributed by atoms with van der Waals surface area (Å²) in [5, 5.41) is 11.7. The fourth-order valence-electron chi connectivity index (χ4n) is 7.26. The van der Waals surface area contributed by atoms with E-state index in [1.807, 2.05) is 0 Å². The third kappa shape index (κ3) is 19.4. The van der Waals surface area contributed by atoms with Crippen LogP contribution in [0.2, 0.25) is 0 Å². The fourth-order valence-corrected chi connectivity index (χ4v) is 7.26. The molecule has 0 aromatic carbocycles. The zero-order chi connectivity index (χ0) is 60.0. The van der Waals surface area contributed by atoms with Crippen molar-refractivity contribution in [1.82, 2.24) is 0 Å². The van der Waals surface area contributed by atoms with Gasteiger partial charge in [-0.2, -0.15) is 0 Å². The van der Waals surface area contributed by atoms with Crippen LogP contribution >= 0.6 is 0 Å². The van der Waals surface area contributed by atoms with Gasteiger partial charge in [-0.3, -0.25) is 43.2 Å². The molecule has 0 amide bonds. The van der Waals surface area contributed by atoms with Gasteiger partial charge in [0, 0.05) is 27.2 Å². The van der Waals surface area contributed by atoms with Gasteiger partial charge in [-0.05, 0) is 125 Å². The molecule has 0 aromatic heterocycles. The van der Waals surface area contributed by atoms with Crippen LogP contribution in [0, 0.1) is 32.5 Å². The molecule has 3 fully saturated rings. The first-order valence-electron chi connectivity index (χ1n) is 25.9. The van der Waals surface area contributed by atoms with Crippen molar-refractivity contribution in [1.29, 1.82) is 0 Å². The van der Waals surface area contributed by atoms with Gasteiger partial charge < -0.3 is 71.4 Å². The van der Waals surface area contributed by atoms with Crippen LogP contribution in [-0.2, 0) is 109 Å². The Morgan fingerprint density at radius 3 is 1.15 bits per heavy atom. The molecule has 0 bridgehead atoms. The first-order valence-corrected chi connectivity index (χ1v) is 25.9. The summed E-state index contributed by atoms with van der Waals surface area (Å²) < 4.78 is 85.2. The van der Waals surface area contributed by atoms with Gasteiger partial charge in [0.1, 0.15) is 56.4 Å². The SMILES string of the molecule is CC(=O)OC[C@H]1O[C@H](O[C@H]2[C@@H](OC(=O)C(C)(C)C)[C@@H](COC(=O)C(C)(C)C)O[C@@H](O[C@H]3[C@H](OC(=O)C(C)(C)C)[C@@H](OC(=O)C(C)(C)C)[C@@H](O)O[C@@H]3COC(=O)C(C)(C)C)[C@@H]2OC(=O)C(C)(C)C)C[C@@H](OC(C)=O)[C@H]1OC(C)=O. The van der Waals surface area contributed by atoms with E-state index >= 15 is 0 Å². The van der Waals surface area contributed by atoms with E-state index in [1.54, 1.807) is 62.3 Å². The summed E-state index contributed by atoms with van der Waals surface area (Å²) in [4.78, 5) is 121. The summed E-state index contributed by atoms with van der Waals surface area (Å²) in [6.45, 7) is 29.1. The third-order valence-corrected chi connectivity index (χ3v) is 11.8. The largest absolute Gasteiger partial charge is 0.463 e. The van der Waals surface area contributed by atoms with Crippen molar-refractivity contribution in [3.63, 3.8) is 0 Å². The average Bonchev–Trinajstić information content (AvgIpc) is 3.26. The Bertz CT molecular complexity index is 2150. The Labute approximate surface area is 457 Å². The zero-order valence-corrected chi connectivity index (χ0v) is 49.2. The van der Waals surface area contributed by atoms with Gasteiger partial charge in [-0.15, -0.1) is 0 Å². The van der Waals surface area contributed by atoms with Gasteiger partial charge in [0.15, 0.2) is 49.4 Å². The highest BCUT2D eigenvalue weighted by Gasteiger charge is 2.59. The summed E-state index contributed by atoms with van der Waals surface area (Å²) in [7, 11) is 0. The van der Waals surface area contributed by atoms with Crippen LogP contribution in [0.4, 0.5) is 0 Å². The minimum Gasteiger partial charge on any atom is -0.463 e. The number of hydrogen-bond acceptors (Lipinski definition) is 24. The van der Waals surface area contributed by atoms with Crippen molar-refractivity contribution in [3.05, 3.63) is 0 Å². The first kappa shape index (κ1) is 67.3. The molecule has 24 nitrogen and oxygen atoms in total. The number of carbonyl (C=O) groups excluding carboxylic acids is 9. The maximum atomic E-state index is 14.4. The summed E-state index contributed by atoms with van der Waals surface area (Å²) in [6.07, 6.45) is -24.7. The van der Waals surface area contributed by atoms with E-state index in [2.05, 4.69) is 0 Å². The van der Waals surface area contributed by atoms with E-state index in [9.17, 15) is 48.3 Å². The van der Waals surface area contributed by atoms with Gasteiger partial charge in [-0.1, -0.05) is 0 Å². The molecule has 3 saturated heterocycles. The number of esters is 9. The van der Waals surface area contributed by atoms with E-state index in [1.165, 1.54) is 62.3 Å².